The van der Waals surface area contributed by atoms with Gasteiger partial charge in [-0.05, 0) is 19.1 Å². The summed E-state index contributed by atoms with van der Waals surface area (Å²) in [5, 5.41) is 8.92. The van der Waals surface area contributed by atoms with E-state index in [2.05, 4.69) is 0 Å². The number of halogens is 1. The van der Waals surface area contributed by atoms with Crippen molar-refractivity contribution in [2.75, 3.05) is 24.6 Å². The van der Waals surface area contributed by atoms with E-state index in [-0.39, 0.29) is 16.0 Å². The lowest BCUT2D eigenvalue weighted by molar-refractivity contribution is 0.0696. The van der Waals surface area contributed by atoms with Gasteiger partial charge in [-0.1, -0.05) is 0 Å². The molecule has 0 radical (unpaired) electrons. The van der Waals surface area contributed by atoms with Gasteiger partial charge in [0, 0.05) is 30.2 Å². The highest BCUT2D eigenvalue weighted by Crippen LogP contribution is 2.26. The molecule has 0 spiro atoms. The molecule has 2 rings (SSSR count). The Bertz CT molecular complexity index is 639. The van der Waals surface area contributed by atoms with Gasteiger partial charge < -0.3 is 5.11 Å². The largest absolute Gasteiger partial charge is 0.478 e. The Morgan fingerprint density at radius 2 is 1.95 bits per heavy atom. The summed E-state index contributed by atoms with van der Waals surface area (Å²) in [6.45, 7) is 2.04. The number of rotatable bonds is 3. The molecule has 5 nitrogen and oxygen atoms in total. The molecule has 0 amide bonds. The molecule has 1 heterocycles. The molecule has 0 aliphatic carbocycles. The number of carboxylic acid groups (broad SMARTS) is 1. The number of carbonyl (C=O) groups is 1. The molecule has 0 unspecified atom stereocenters. The van der Waals surface area contributed by atoms with Crippen LogP contribution in [0.3, 0.4) is 0 Å². The van der Waals surface area contributed by atoms with Crippen molar-refractivity contribution in [3.8, 4) is 0 Å². The van der Waals surface area contributed by atoms with Gasteiger partial charge in [-0.15, -0.1) is 0 Å². The minimum Gasteiger partial charge on any atom is -0.478 e. The average Bonchev–Trinajstić information content (AvgIpc) is 2.42. The first-order valence-electron chi connectivity index (χ1n) is 5.95. The average molecular weight is 319 g/mol. The van der Waals surface area contributed by atoms with E-state index in [1.54, 1.807) is 11.8 Å². The fourth-order valence-electron chi connectivity index (χ4n) is 1.97. The van der Waals surface area contributed by atoms with Crippen LogP contribution in [0.5, 0.6) is 0 Å². The van der Waals surface area contributed by atoms with E-state index in [4.69, 9.17) is 5.11 Å². The van der Waals surface area contributed by atoms with E-state index >= 15 is 0 Å². The number of thioether (sulfide) groups is 1. The molecule has 0 atom stereocenters. The number of hydrogen-bond donors (Lipinski definition) is 1. The van der Waals surface area contributed by atoms with Crippen LogP contribution in [0, 0.1) is 12.7 Å². The van der Waals surface area contributed by atoms with Gasteiger partial charge in [-0.2, -0.15) is 16.1 Å². The van der Waals surface area contributed by atoms with Crippen LogP contribution >= 0.6 is 11.8 Å². The highest BCUT2D eigenvalue weighted by atomic mass is 32.2. The number of nitrogens with zero attached hydrogens (tertiary/aromatic N) is 1. The van der Waals surface area contributed by atoms with Crippen LogP contribution in [-0.4, -0.2) is 48.4 Å². The molecule has 1 aromatic carbocycles. The third-order valence-corrected chi connectivity index (χ3v) is 6.10. The Balaban J connectivity index is 2.52. The number of hydrogen-bond acceptors (Lipinski definition) is 4. The first-order chi connectivity index (χ1) is 9.34. The number of carboxylic acids is 1. The lowest BCUT2D eigenvalue weighted by atomic mass is 10.1. The molecule has 1 aliphatic heterocycles. The van der Waals surface area contributed by atoms with E-state index in [1.807, 2.05) is 0 Å². The summed E-state index contributed by atoms with van der Waals surface area (Å²) in [7, 11) is -3.85. The zero-order valence-corrected chi connectivity index (χ0v) is 12.4. The summed E-state index contributed by atoms with van der Waals surface area (Å²) in [5.74, 6) is -0.817. The van der Waals surface area contributed by atoms with Gasteiger partial charge in [-0.3, -0.25) is 0 Å². The smallest absolute Gasteiger partial charge is 0.335 e. The van der Waals surface area contributed by atoms with Crippen molar-refractivity contribution >= 4 is 27.8 Å². The Hall–Kier alpha value is -1.12. The van der Waals surface area contributed by atoms with Gasteiger partial charge in [0.2, 0.25) is 10.0 Å². The summed E-state index contributed by atoms with van der Waals surface area (Å²) in [6, 6.07) is 1.86. The van der Waals surface area contributed by atoms with E-state index in [1.165, 1.54) is 11.2 Å². The first-order valence-corrected chi connectivity index (χ1v) is 8.55. The minimum absolute atomic E-state index is 0.0479. The fourth-order valence-corrected chi connectivity index (χ4v) is 4.81. The molecule has 1 saturated heterocycles. The Morgan fingerprint density at radius 3 is 2.50 bits per heavy atom. The van der Waals surface area contributed by atoms with Crippen molar-refractivity contribution in [1.29, 1.82) is 0 Å². The predicted octanol–water partition coefficient (Wildman–Crippen LogP) is 1.57. The van der Waals surface area contributed by atoms with E-state index in [0.717, 1.165) is 12.1 Å². The Morgan fingerprint density at radius 1 is 1.35 bits per heavy atom. The van der Waals surface area contributed by atoms with E-state index in [0.29, 0.717) is 24.6 Å². The van der Waals surface area contributed by atoms with Gasteiger partial charge >= 0.3 is 5.97 Å². The molecular formula is C12H14FNO4S2. The number of sulfonamides is 1. The zero-order chi connectivity index (χ0) is 14.9. The lowest BCUT2D eigenvalue weighted by Crippen LogP contribution is -2.38. The topological polar surface area (TPSA) is 74.7 Å². The number of benzene rings is 1. The van der Waals surface area contributed by atoms with Gasteiger partial charge in [-0.25, -0.2) is 17.6 Å². The first kappa shape index (κ1) is 15.3. The molecule has 8 heteroatoms. The zero-order valence-electron chi connectivity index (χ0n) is 10.8. The maximum absolute atomic E-state index is 13.7. The molecule has 1 fully saturated rings. The second-order valence-corrected chi connectivity index (χ2v) is 7.53. The van der Waals surface area contributed by atoms with Crippen molar-refractivity contribution < 1.29 is 22.7 Å². The number of aromatic carboxylic acids is 1. The monoisotopic (exact) mass is 319 g/mol. The quantitative estimate of drug-likeness (QED) is 0.915. The van der Waals surface area contributed by atoms with Crippen LogP contribution in [0.15, 0.2) is 17.0 Å². The molecule has 1 N–H and O–H groups in total. The SMILES string of the molecule is Cc1c(F)cc(C(=O)O)cc1S(=O)(=O)N1CCSCC1. The third kappa shape index (κ3) is 2.82. The van der Waals surface area contributed by atoms with Crippen LogP contribution in [0.2, 0.25) is 0 Å². The van der Waals surface area contributed by atoms with Gasteiger partial charge in [0.05, 0.1) is 10.5 Å². The van der Waals surface area contributed by atoms with Crippen LogP contribution in [0.4, 0.5) is 4.39 Å². The van der Waals surface area contributed by atoms with Crippen LogP contribution in [0.1, 0.15) is 15.9 Å². The predicted molar refractivity (Wildman–Crippen MR) is 74.2 cm³/mol. The van der Waals surface area contributed by atoms with E-state index < -0.39 is 21.8 Å². The Labute approximate surface area is 120 Å². The lowest BCUT2D eigenvalue weighted by Gasteiger charge is -2.26. The molecule has 0 saturated carbocycles. The molecular weight excluding hydrogens is 305 g/mol. The van der Waals surface area contributed by atoms with Crippen LogP contribution in [-0.2, 0) is 10.0 Å². The van der Waals surface area contributed by atoms with Crippen molar-refractivity contribution in [2.24, 2.45) is 0 Å². The summed E-state index contributed by atoms with van der Waals surface area (Å²) in [6.07, 6.45) is 0. The van der Waals surface area contributed by atoms with Crippen molar-refractivity contribution in [3.05, 3.63) is 29.1 Å². The molecule has 110 valence electrons. The summed E-state index contributed by atoms with van der Waals surface area (Å²) in [4.78, 5) is 10.7. The molecule has 0 aromatic heterocycles. The van der Waals surface area contributed by atoms with E-state index in [9.17, 15) is 17.6 Å². The summed E-state index contributed by atoms with van der Waals surface area (Å²) >= 11 is 1.65. The van der Waals surface area contributed by atoms with Crippen molar-refractivity contribution in [3.63, 3.8) is 0 Å². The highest BCUT2D eigenvalue weighted by molar-refractivity contribution is 7.99. The molecule has 0 bridgehead atoms. The van der Waals surface area contributed by atoms with Crippen LogP contribution in [0.25, 0.3) is 0 Å². The van der Waals surface area contributed by atoms with Crippen LogP contribution < -0.4 is 0 Å². The fraction of sp³-hybridized carbons (Fsp3) is 0.417. The second kappa shape index (κ2) is 5.71. The molecule has 20 heavy (non-hydrogen) atoms. The minimum atomic E-state index is -3.85. The second-order valence-electron chi connectivity index (χ2n) is 4.40. The summed E-state index contributed by atoms with van der Waals surface area (Å²) in [5.41, 5.74) is -0.411. The molecule has 1 aliphatic rings. The highest BCUT2D eigenvalue weighted by Gasteiger charge is 2.29. The van der Waals surface area contributed by atoms with Gasteiger partial charge in [0.25, 0.3) is 0 Å². The van der Waals surface area contributed by atoms with Crippen molar-refractivity contribution in [2.45, 2.75) is 11.8 Å². The summed E-state index contributed by atoms with van der Waals surface area (Å²) < 4.78 is 40.0. The maximum Gasteiger partial charge on any atom is 0.335 e. The Kier molecular flexibility index (Phi) is 4.36. The maximum atomic E-state index is 13.7. The normalized spacial score (nSPS) is 17.1. The standard InChI is InChI=1S/C12H14FNO4S2/c1-8-10(13)6-9(12(15)16)7-11(8)20(17,18)14-2-4-19-5-3-14/h6-7H,2-5H2,1H3,(H,15,16). The van der Waals surface area contributed by atoms with Gasteiger partial charge in [0.1, 0.15) is 5.82 Å². The molecule has 1 aromatic rings. The van der Waals surface area contributed by atoms with Gasteiger partial charge in [0.15, 0.2) is 0 Å². The van der Waals surface area contributed by atoms with Crippen molar-refractivity contribution in [1.82, 2.24) is 4.31 Å². The third-order valence-electron chi connectivity index (χ3n) is 3.13.